The van der Waals surface area contributed by atoms with Crippen LogP contribution in [0, 0.1) is 5.82 Å². The maximum atomic E-state index is 13.6. The van der Waals surface area contributed by atoms with Gasteiger partial charge in [-0.3, -0.25) is 4.79 Å². The highest BCUT2D eigenvalue weighted by Gasteiger charge is 2.41. The highest BCUT2D eigenvalue weighted by atomic mass is 19.1. The molecule has 1 aliphatic heterocycles. The third kappa shape index (κ3) is 3.32. The number of ether oxygens (including phenoxy) is 2. The van der Waals surface area contributed by atoms with E-state index >= 15 is 0 Å². The third-order valence-corrected chi connectivity index (χ3v) is 3.49. The average Bonchev–Trinajstić information content (AvgIpc) is 2.92. The van der Waals surface area contributed by atoms with Crippen LogP contribution in [-0.4, -0.2) is 42.6 Å². The van der Waals surface area contributed by atoms with Gasteiger partial charge in [0.2, 0.25) is 5.91 Å². The van der Waals surface area contributed by atoms with Crippen LogP contribution in [-0.2, 0) is 14.3 Å². The largest absolute Gasteiger partial charge is 0.485 e. The van der Waals surface area contributed by atoms with Crippen molar-refractivity contribution in [3.05, 3.63) is 30.1 Å². The molecule has 0 radical (unpaired) electrons. The third-order valence-electron chi connectivity index (χ3n) is 3.49. The zero-order valence-corrected chi connectivity index (χ0v) is 12.0. The van der Waals surface area contributed by atoms with E-state index in [1.807, 2.05) is 0 Å². The minimum atomic E-state index is -0.667. The highest BCUT2D eigenvalue weighted by Crippen LogP contribution is 2.26. The maximum absolute atomic E-state index is 13.6. The van der Waals surface area contributed by atoms with E-state index in [2.05, 4.69) is 0 Å². The second-order valence-electron chi connectivity index (χ2n) is 4.84. The summed E-state index contributed by atoms with van der Waals surface area (Å²) in [5.41, 5.74) is 0. The molecule has 1 aromatic carbocycles. The smallest absolute Gasteiger partial charge is 0.328 e. The number of carbonyl (C=O) groups is 2. The summed E-state index contributed by atoms with van der Waals surface area (Å²) in [4.78, 5) is 25.1. The molecule has 2 rings (SSSR count). The van der Waals surface area contributed by atoms with Gasteiger partial charge in [-0.25, -0.2) is 9.18 Å². The molecule has 1 aromatic rings. The van der Waals surface area contributed by atoms with Crippen molar-refractivity contribution in [2.45, 2.75) is 31.9 Å². The van der Waals surface area contributed by atoms with Crippen molar-refractivity contribution < 1.29 is 23.5 Å². The monoisotopic (exact) mass is 295 g/mol. The Balaban J connectivity index is 2.11. The van der Waals surface area contributed by atoms with Gasteiger partial charge in [-0.2, -0.15) is 0 Å². The lowest BCUT2D eigenvalue weighted by molar-refractivity contribution is -0.150. The molecule has 21 heavy (non-hydrogen) atoms. The summed E-state index contributed by atoms with van der Waals surface area (Å²) >= 11 is 0. The fourth-order valence-corrected chi connectivity index (χ4v) is 2.44. The number of methoxy groups -OCH3 is 1. The number of amides is 1. The number of para-hydroxylation sites is 1. The van der Waals surface area contributed by atoms with Crippen LogP contribution in [0.25, 0.3) is 0 Å². The highest BCUT2D eigenvalue weighted by molar-refractivity contribution is 5.85. The Morgan fingerprint density at radius 1 is 1.38 bits per heavy atom. The van der Waals surface area contributed by atoms with Gasteiger partial charge in [-0.1, -0.05) is 19.1 Å². The first kappa shape index (κ1) is 15.3. The SMILES string of the molecule is CCC(=O)N1C[C@@H](Oc2ccccc2F)C[C@H]1C(=O)OC. The van der Waals surface area contributed by atoms with Crippen molar-refractivity contribution in [3.63, 3.8) is 0 Å². The zero-order chi connectivity index (χ0) is 15.4. The number of halogens is 1. The number of hydrogen-bond acceptors (Lipinski definition) is 4. The quantitative estimate of drug-likeness (QED) is 0.794. The van der Waals surface area contributed by atoms with Crippen molar-refractivity contribution in [2.75, 3.05) is 13.7 Å². The van der Waals surface area contributed by atoms with Crippen molar-refractivity contribution in [1.82, 2.24) is 4.90 Å². The summed E-state index contributed by atoms with van der Waals surface area (Å²) in [6.07, 6.45) is 0.161. The number of carbonyl (C=O) groups excluding carboxylic acids is 2. The fraction of sp³-hybridized carbons (Fsp3) is 0.467. The molecular formula is C15H18FNO4. The maximum Gasteiger partial charge on any atom is 0.328 e. The van der Waals surface area contributed by atoms with Crippen LogP contribution < -0.4 is 4.74 Å². The molecule has 0 saturated carbocycles. The molecule has 1 saturated heterocycles. The summed E-state index contributed by atoms with van der Waals surface area (Å²) in [5.74, 6) is -0.967. The Bertz CT molecular complexity index is 510. The molecule has 0 aromatic heterocycles. The van der Waals surface area contributed by atoms with E-state index in [1.165, 1.54) is 24.1 Å². The first-order chi connectivity index (χ1) is 10.1. The molecule has 2 atom stereocenters. The fourth-order valence-electron chi connectivity index (χ4n) is 2.44. The molecule has 114 valence electrons. The molecule has 0 spiro atoms. The van der Waals surface area contributed by atoms with E-state index in [-0.39, 0.29) is 18.2 Å². The molecule has 0 bridgehead atoms. The van der Waals surface area contributed by atoms with Crippen molar-refractivity contribution in [3.8, 4) is 5.75 Å². The summed E-state index contributed by atoms with van der Waals surface area (Å²) in [5, 5.41) is 0. The second kappa shape index (κ2) is 6.56. The molecular weight excluding hydrogens is 277 g/mol. The minimum Gasteiger partial charge on any atom is -0.485 e. The van der Waals surface area contributed by atoms with Gasteiger partial charge in [-0.15, -0.1) is 0 Å². The molecule has 5 nitrogen and oxygen atoms in total. The van der Waals surface area contributed by atoms with E-state index in [0.717, 1.165) is 0 Å². The van der Waals surface area contributed by atoms with E-state index in [1.54, 1.807) is 19.1 Å². The van der Waals surface area contributed by atoms with Gasteiger partial charge >= 0.3 is 5.97 Å². The number of benzene rings is 1. The van der Waals surface area contributed by atoms with Crippen LogP contribution in [0.1, 0.15) is 19.8 Å². The van der Waals surface area contributed by atoms with Crippen LogP contribution in [0.3, 0.4) is 0 Å². The Kier molecular flexibility index (Phi) is 4.77. The van der Waals surface area contributed by atoms with Gasteiger partial charge in [0.15, 0.2) is 11.6 Å². The van der Waals surface area contributed by atoms with Gasteiger partial charge in [0, 0.05) is 12.8 Å². The molecule has 1 aliphatic rings. The van der Waals surface area contributed by atoms with Crippen molar-refractivity contribution in [2.24, 2.45) is 0 Å². The number of hydrogen-bond donors (Lipinski definition) is 0. The molecule has 0 N–H and O–H groups in total. The van der Waals surface area contributed by atoms with Crippen LogP contribution in [0.2, 0.25) is 0 Å². The first-order valence-corrected chi connectivity index (χ1v) is 6.85. The van der Waals surface area contributed by atoms with Gasteiger partial charge in [0.1, 0.15) is 12.1 Å². The van der Waals surface area contributed by atoms with Crippen LogP contribution >= 0.6 is 0 Å². The summed E-state index contributed by atoms with van der Waals surface area (Å²) in [7, 11) is 1.28. The van der Waals surface area contributed by atoms with E-state index in [9.17, 15) is 14.0 Å². The molecule has 1 fully saturated rings. The normalized spacial score (nSPS) is 21.2. The Morgan fingerprint density at radius 3 is 2.71 bits per heavy atom. The van der Waals surface area contributed by atoms with E-state index in [0.29, 0.717) is 12.8 Å². The number of likely N-dealkylation sites (tertiary alicyclic amines) is 1. The lowest BCUT2D eigenvalue weighted by Crippen LogP contribution is -2.40. The van der Waals surface area contributed by atoms with Gasteiger partial charge in [0.25, 0.3) is 0 Å². The van der Waals surface area contributed by atoms with Crippen LogP contribution in [0.4, 0.5) is 4.39 Å². The van der Waals surface area contributed by atoms with Gasteiger partial charge < -0.3 is 14.4 Å². The second-order valence-corrected chi connectivity index (χ2v) is 4.84. The van der Waals surface area contributed by atoms with Crippen molar-refractivity contribution in [1.29, 1.82) is 0 Å². The Labute approximate surface area is 122 Å². The van der Waals surface area contributed by atoms with Gasteiger partial charge in [0.05, 0.1) is 13.7 Å². The number of esters is 1. The van der Waals surface area contributed by atoms with Gasteiger partial charge in [-0.05, 0) is 12.1 Å². The molecule has 1 amide bonds. The minimum absolute atomic E-state index is 0.122. The lowest BCUT2D eigenvalue weighted by atomic mass is 10.2. The first-order valence-electron chi connectivity index (χ1n) is 6.85. The standard InChI is InChI=1S/C15H18FNO4/c1-3-14(18)17-9-10(8-12(17)15(19)20-2)21-13-7-5-4-6-11(13)16/h4-7,10,12H,3,8-9H2,1-2H3/t10-,12-/m0/s1. The summed E-state index contributed by atoms with van der Waals surface area (Å²) in [6.45, 7) is 1.97. The Morgan fingerprint density at radius 2 is 2.10 bits per heavy atom. The van der Waals surface area contributed by atoms with Crippen LogP contribution in [0.15, 0.2) is 24.3 Å². The average molecular weight is 295 g/mol. The van der Waals surface area contributed by atoms with E-state index in [4.69, 9.17) is 9.47 Å². The number of nitrogens with zero attached hydrogens (tertiary/aromatic N) is 1. The predicted octanol–water partition coefficient (Wildman–Crippen LogP) is 1.76. The summed E-state index contributed by atoms with van der Waals surface area (Å²) < 4.78 is 23.9. The molecule has 0 aliphatic carbocycles. The van der Waals surface area contributed by atoms with Crippen molar-refractivity contribution >= 4 is 11.9 Å². The van der Waals surface area contributed by atoms with E-state index < -0.39 is 23.9 Å². The zero-order valence-electron chi connectivity index (χ0n) is 12.0. The summed E-state index contributed by atoms with van der Waals surface area (Å²) in [6, 6.07) is 5.39. The molecule has 1 heterocycles. The molecule has 6 heteroatoms. The molecule has 0 unspecified atom stereocenters. The predicted molar refractivity (Wildman–Crippen MR) is 73.2 cm³/mol. The number of rotatable bonds is 4. The lowest BCUT2D eigenvalue weighted by Gasteiger charge is -2.21. The van der Waals surface area contributed by atoms with Crippen LogP contribution in [0.5, 0.6) is 5.75 Å². The Hall–Kier alpha value is -2.11. The topological polar surface area (TPSA) is 55.8 Å².